The SMILES string of the molecule is CC(C)c1ccccc1NC(=S)NC(=O)c1ccc(OCCOc2ccccc2)cc1. The number of carbonyl (C=O) groups excluding carboxylic acids is 1. The van der Waals surface area contributed by atoms with E-state index in [2.05, 4.69) is 24.5 Å². The quantitative estimate of drug-likeness (QED) is 0.367. The van der Waals surface area contributed by atoms with Crippen molar-refractivity contribution < 1.29 is 14.3 Å². The lowest BCUT2D eigenvalue weighted by Gasteiger charge is -2.15. The molecule has 0 aliphatic carbocycles. The number of nitrogens with one attached hydrogen (secondary N) is 2. The number of amides is 1. The van der Waals surface area contributed by atoms with Crippen LogP contribution in [-0.4, -0.2) is 24.2 Å². The molecular weight excluding hydrogens is 408 g/mol. The van der Waals surface area contributed by atoms with Crippen LogP contribution in [-0.2, 0) is 0 Å². The monoisotopic (exact) mass is 434 g/mol. The van der Waals surface area contributed by atoms with Gasteiger partial charge in [-0.05, 0) is 66.2 Å². The number of hydrogen-bond acceptors (Lipinski definition) is 4. The van der Waals surface area contributed by atoms with Crippen molar-refractivity contribution >= 4 is 28.9 Å². The Morgan fingerprint density at radius 2 is 1.42 bits per heavy atom. The van der Waals surface area contributed by atoms with Crippen molar-refractivity contribution in [3.05, 3.63) is 90.0 Å². The smallest absolute Gasteiger partial charge is 0.257 e. The van der Waals surface area contributed by atoms with E-state index in [1.165, 1.54) is 0 Å². The molecular formula is C25H26N2O3S. The summed E-state index contributed by atoms with van der Waals surface area (Å²) in [6.07, 6.45) is 0. The maximum atomic E-state index is 12.5. The minimum atomic E-state index is -0.279. The van der Waals surface area contributed by atoms with E-state index in [0.29, 0.717) is 30.4 Å². The third-order valence-electron chi connectivity index (χ3n) is 4.54. The van der Waals surface area contributed by atoms with Gasteiger partial charge in [-0.25, -0.2) is 0 Å². The molecule has 0 aliphatic heterocycles. The van der Waals surface area contributed by atoms with Gasteiger partial charge in [0, 0.05) is 11.3 Å². The summed E-state index contributed by atoms with van der Waals surface area (Å²) >= 11 is 5.31. The second kappa shape index (κ2) is 11.1. The van der Waals surface area contributed by atoms with E-state index >= 15 is 0 Å². The molecule has 1 amide bonds. The molecule has 0 heterocycles. The summed E-state index contributed by atoms with van der Waals surface area (Å²) in [5.41, 5.74) is 2.52. The van der Waals surface area contributed by atoms with Crippen LogP contribution in [0.3, 0.4) is 0 Å². The van der Waals surface area contributed by atoms with Crippen molar-refractivity contribution in [2.75, 3.05) is 18.5 Å². The van der Waals surface area contributed by atoms with Crippen molar-refractivity contribution in [3.63, 3.8) is 0 Å². The molecule has 0 bridgehead atoms. The Bertz CT molecular complexity index is 1000. The van der Waals surface area contributed by atoms with Gasteiger partial charge in [-0.15, -0.1) is 0 Å². The lowest BCUT2D eigenvalue weighted by molar-refractivity contribution is 0.0977. The largest absolute Gasteiger partial charge is 0.490 e. The van der Waals surface area contributed by atoms with Gasteiger partial charge >= 0.3 is 0 Å². The Morgan fingerprint density at radius 1 is 0.839 bits per heavy atom. The summed E-state index contributed by atoms with van der Waals surface area (Å²) in [5, 5.41) is 6.09. The zero-order valence-corrected chi connectivity index (χ0v) is 18.4. The van der Waals surface area contributed by atoms with Gasteiger partial charge in [0.1, 0.15) is 24.7 Å². The van der Waals surface area contributed by atoms with Crippen LogP contribution in [0.5, 0.6) is 11.5 Å². The highest BCUT2D eigenvalue weighted by molar-refractivity contribution is 7.80. The van der Waals surface area contributed by atoms with Gasteiger partial charge in [0.25, 0.3) is 5.91 Å². The van der Waals surface area contributed by atoms with Crippen molar-refractivity contribution in [1.82, 2.24) is 5.32 Å². The van der Waals surface area contributed by atoms with E-state index in [0.717, 1.165) is 17.0 Å². The zero-order valence-electron chi connectivity index (χ0n) is 17.6. The van der Waals surface area contributed by atoms with E-state index < -0.39 is 0 Å². The average Bonchev–Trinajstić information content (AvgIpc) is 2.78. The molecule has 3 aromatic rings. The summed E-state index contributed by atoms with van der Waals surface area (Å²) in [4.78, 5) is 12.5. The van der Waals surface area contributed by atoms with E-state index in [4.69, 9.17) is 21.7 Å². The lowest BCUT2D eigenvalue weighted by atomic mass is 10.0. The Balaban J connectivity index is 1.47. The topological polar surface area (TPSA) is 59.6 Å². The molecule has 5 nitrogen and oxygen atoms in total. The first kappa shape index (κ1) is 22.3. The molecule has 0 saturated carbocycles. The lowest BCUT2D eigenvalue weighted by Crippen LogP contribution is -2.34. The zero-order chi connectivity index (χ0) is 22.1. The summed E-state index contributed by atoms with van der Waals surface area (Å²) in [6, 6.07) is 24.4. The first-order valence-electron chi connectivity index (χ1n) is 10.1. The first-order valence-corrected chi connectivity index (χ1v) is 10.6. The maximum Gasteiger partial charge on any atom is 0.257 e. The number of rotatable bonds is 8. The molecule has 31 heavy (non-hydrogen) atoms. The average molecular weight is 435 g/mol. The van der Waals surface area contributed by atoms with Crippen LogP contribution in [0, 0.1) is 0 Å². The number of thiocarbonyl (C=S) groups is 1. The van der Waals surface area contributed by atoms with Gasteiger partial charge in [0.2, 0.25) is 0 Å². The first-order chi connectivity index (χ1) is 15.0. The summed E-state index contributed by atoms with van der Waals surface area (Å²) in [5.74, 6) is 1.53. The fourth-order valence-electron chi connectivity index (χ4n) is 2.98. The molecule has 0 unspecified atom stereocenters. The van der Waals surface area contributed by atoms with Crippen LogP contribution in [0.4, 0.5) is 5.69 Å². The van der Waals surface area contributed by atoms with Gasteiger partial charge in [0.05, 0.1) is 0 Å². The van der Waals surface area contributed by atoms with Gasteiger partial charge in [-0.3, -0.25) is 10.1 Å². The van der Waals surface area contributed by atoms with Crippen molar-refractivity contribution in [2.24, 2.45) is 0 Å². The third-order valence-corrected chi connectivity index (χ3v) is 4.74. The van der Waals surface area contributed by atoms with Crippen molar-refractivity contribution in [3.8, 4) is 11.5 Å². The highest BCUT2D eigenvalue weighted by Gasteiger charge is 2.11. The van der Waals surface area contributed by atoms with E-state index in [-0.39, 0.29) is 11.0 Å². The van der Waals surface area contributed by atoms with Crippen molar-refractivity contribution in [2.45, 2.75) is 19.8 Å². The fourth-order valence-corrected chi connectivity index (χ4v) is 3.18. The summed E-state index contributed by atoms with van der Waals surface area (Å²) in [6.45, 7) is 5.06. The fraction of sp³-hybridized carbons (Fsp3) is 0.200. The summed E-state index contributed by atoms with van der Waals surface area (Å²) < 4.78 is 11.3. The van der Waals surface area contributed by atoms with Crippen LogP contribution in [0.1, 0.15) is 35.7 Å². The number of anilines is 1. The molecule has 0 atom stereocenters. The van der Waals surface area contributed by atoms with Crippen LogP contribution in [0.2, 0.25) is 0 Å². The Labute approximate surface area is 188 Å². The highest BCUT2D eigenvalue weighted by atomic mass is 32.1. The molecule has 0 aliphatic rings. The number of ether oxygens (including phenoxy) is 2. The van der Waals surface area contributed by atoms with Crippen LogP contribution < -0.4 is 20.1 Å². The van der Waals surface area contributed by atoms with Crippen molar-refractivity contribution in [1.29, 1.82) is 0 Å². The second-order valence-electron chi connectivity index (χ2n) is 7.18. The molecule has 160 valence electrons. The Morgan fingerprint density at radius 3 is 2.06 bits per heavy atom. The molecule has 0 aromatic heterocycles. The molecule has 0 saturated heterocycles. The predicted octanol–water partition coefficient (Wildman–Crippen LogP) is 5.39. The van der Waals surface area contributed by atoms with E-state index in [1.54, 1.807) is 24.3 Å². The minimum absolute atomic E-state index is 0.261. The maximum absolute atomic E-state index is 12.5. The van der Waals surface area contributed by atoms with Gasteiger partial charge in [-0.1, -0.05) is 50.2 Å². The number of benzene rings is 3. The molecule has 0 fully saturated rings. The van der Waals surface area contributed by atoms with Gasteiger partial charge in [-0.2, -0.15) is 0 Å². The minimum Gasteiger partial charge on any atom is -0.490 e. The molecule has 2 N–H and O–H groups in total. The molecule has 3 aromatic carbocycles. The van der Waals surface area contributed by atoms with Crippen LogP contribution in [0.15, 0.2) is 78.9 Å². The van der Waals surface area contributed by atoms with Gasteiger partial charge < -0.3 is 14.8 Å². The number of para-hydroxylation sites is 2. The summed E-state index contributed by atoms with van der Waals surface area (Å²) in [7, 11) is 0. The standard InChI is InChI=1S/C25H26N2O3S/c1-18(2)22-10-6-7-11-23(22)26-25(31)27-24(28)19-12-14-21(15-13-19)30-17-16-29-20-8-4-3-5-9-20/h3-15,18H,16-17H2,1-2H3,(H2,26,27,28,31). The third kappa shape index (κ3) is 6.83. The van der Waals surface area contributed by atoms with Crippen LogP contribution in [0.25, 0.3) is 0 Å². The second-order valence-corrected chi connectivity index (χ2v) is 7.59. The Hall–Kier alpha value is -3.38. The molecule has 3 rings (SSSR count). The number of carbonyl (C=O) groups is 1. The highest BCUT2D eigenvalue weighted by Crippen LogP contribution is 2.23. The normalized spacial score (nSPS) is 10.4. The Kier molecular flexibility index (Phi) is 8.01. The van der Waals surface area contributed by atoms with E-state index in [9.17, 15) is 4.79 Å². The van der Waals surface area contributed by atoms with E-state index in [1.807, 2.05) is 54.6 Å². The van der Waals surface area contributed by atoms with Gasteiger partial charge in [0.15, 0.2) is 5.11 Å². The molecule has 6 heteroatoms. The number of hydrogen-bond donors (Lipinski definition) is 2. The van der Waals surface area contributed by atoms with Crippen LogP contribution >= 0.6 is 12.2 Å². The molecule has 0 spiro atoms. The predicted molar refractivity (Wildman–Crippen MR) is 128 cm³/mol. The molecule has 0 radical (unpaired) electrons.